The van der Waals surface area contributed by atoms with Crippen LogP contribution in [0.1, 0.15) is 12.5 Å². The lowest BCUT2D eigenvalue weighted by Gasteiger charge is -2.22. The summed E-state index contributed by atoms with van der Waals surface area (Å²) in [6.07, 6.45) is 1.58. The predicted octanol–water partition coefficient (Wildman–Crippen LogP) is 3.00. The summed E-state index contributed by atoms with van der Waals surface area (Å²) in [6, 6.07) is 5.68. The lowest BCUT2D eigenvalue weighted by Crippen LogP contribution is -2.40. The molecular weight excluding hydrogens is 436 g/mol. The summed E-state index contributed by atoms with van der Waals surface area (Å²) in [5, 5.41) is 8.18. The van der Waals surface area contributed by atoms with Gasteiger partial charge in [-0.15, -0.1) is 0 Å². The van der Waals surface area contributed by atoms with E-state index >= 15 is 0 Å². The van der Waals surface area contributed by atoms with Crippen molar-refractivity contribution in [1.29, 1.82) is 0 Å². The first-order valence-electron chi connectivity index (χ1n) is 9.77. The van der Waals surface area contributed by atoms with Gasteiger partial charge in [-0.3, -0.25) is 5.01 Å². The van der Waals surface area contributed by atoms with E-state index < -0.39 is 17.3 Å². The summed E-state index contributed by atoms with van der Waals surface area (Å²) in [7, 11) is 1.92. The number of nitrogens with zero attached hydrogens (tertiary/aromatic N) is 4. The van der Waals surface area contributed by atoms with Crippen LogP contribution >= 0.6 is 11.3 Å². The molecule has 32 heavy (non-hydrogen) atoms. The van der Waals surface area contributed by atoms with Crippen molar-refractivity contribution < 1.29 is 13.5 Å². The molecule has 2 aromatic heterocycles. The van der Waals surface area contributed by atoms with Gasteiger partial charge in [0.2, 0.25) is 0 Å². The highest BCUT2D eigenvalue weighted by molar-refractivity contribution is 7.08. The molecule has 11 heteroatoms. The zero-order valence-electron chi connectivity index (χ0n) is 17.8. The van der Waals surface area contributed by atoms with Gasteiger partial charge in [0, 0.05) is 30.4 Å². The van der Waals surface area contributed by atoms with Crippen LogP contribution in [0.15, 0.2) is 46.3 Å². The van der Waals surface area contributed by atoms with Crippen molar-refractivity contribution in [2.75, 3.05) is 37.5 Å². The normalized spacial score (nSPS) is 11.8. The van der Waals surface area contributed by atoms with E-state index in [4.69, 9.17) is 22.2 Å². The van der Waals surface area contributed by atoms with Crippen LogP contribution in [0.2, 0.25) is 0 Å². The number of amidine groups is 1. The van der Waals surface area contributed by atoms with Gasteiger partial charge < -0.3 is 21.2 Å². The number of hydrogen-bond donors (Lipinski definition) is 3. The van der Waals surface area contributed by atoms with Crippen molar-refractivity contribution in [3.63, 3.8) is 0 Å². The minimum absolute atomic E-state index is 0.0496. The number of pyridine rings is 1. The SMILES string of the molecule is CCN(C)CCOc1cc(F)c(N(N)/C(=N\N)c2cc(-c3ccsc3)cnc2N)c(F)c1. The molecule has 1 aromatic carbocycles. The number of aromatic nitrogens is 1. The minimum Gasteiger partial charge on any atom is -0.492 e. The first kappa shape index (κ1) is 23.4. The third-order valence-electron chi connectivity index (χ3n) is 4.88. The molecular formula is C21H25F2N7OS. The van der Waals surface area contributed by atoms with Crippen LogP contribution in [0.25, 0.3) is 11.1 Å². The van der Waals surface area contributed by atoms with Crippen LogP contribution in [0.5, 0.6) is 5.75 Å². The van der Waals surface area contributed by atoms with E-state index in [-0.39, 0.29) is 29.6 Å². The molecule has 0 aliphatic heterocycles. The third-order valence-corrected chi connectivity index (χ3v) is 5.56. The van der Waals surface area contributed by atoms with Crippen LogP contribution in [0, 0.1) is 11.6 Å². The average molecular weight is 462 g/mol. The molecule has 0 radical (unpaired) electrons. The summed E-state index contributed by atoms with van der Waals surface area (Å²) in [4.78, 5) is 6.16. The van der Waals surface area contributed by atoms with Gasteiger partial charge in [0.05, 0.1) is 5.56 Å². The van der Waals surface area contributed by atoms with E-state index in [1.807, 2.05) is 35.7 Å². The van der Waals surface area contributed by atoms with Gasteiger partial charge in [-0.1, -0.05) is 6.92 Å². The maximum absolute atomic E-state index is 14.8. The predicted molar refractivity (Wildman–Crippen MR) is 124 cm³/mol. The standard InChI is InChI=1S/C21H25F2N7OS/c1-3-29(2)5-6-31-15-9-17(22)19(18(23)10-15)30(26)21(28-25)16-8-14(11-27-20(16)24)13-4-7-32-12-13/h4,7-12H,3,5-6,25-26H2,1-2H3,(H2,24,27)/b28-21-. The van der Waals surface area contributed by atoms with Crippen molar-refractivity contribution in [2.24, 2.45) is 16.8 Å². The molecule has 0 saturated carbocycles. The Labute approximate surface area is 188 Å². The Hall–Kier alpha value is -3.28. The van der Waals surface area contributed by atoms with E-state index in [1.54, 1.807) is 12.3 Å². The van der Waals surface area contributed by atoms with Gasteiger partial charge >= 0.3 is 0 Å². The molecule has 0 aliphatic carbocycles. The van der Waals surface area contributed by atoms with Crippen molar-refractivity contribution in [3.8, 4) is 16.9 Å². The van der Waals surface area contributed by atoms with Crippen molar-refractivity contribution in [3.05, 3.63) is 58.4 Å². The fourth-order valence-electron chi connectivity index (χ4n) is 2.94. The quantitative estimate of drug-likeness (QED) is 0.204. The number of halogens is 2. The Balaban J connectivity index is 1.89. The van der Waals surface area contributed by atoms with Crippen LogP contribution in [0.3, 0.4) is 0 Å². The average Bonchev–Trinajstić information content (AvgIpc) is 3.30. The molecule has 0 saturated heterocycles. The summed E-state index contributed by atoms with van der Waals surface area (Å²) in [6.45, 7) is 3.72. The van der Waals surface area contributed by atoms with E-state index in [2.05, 4.69) is 10.1 Å². The van der Waals surface area contributed by atoms with Gasteiger partial charge in [-0.25, -0.2) is 19.6 Å². The second-order valence-corrected chi connectivity index (χ2v) is 7.75. The van der Waals surface area contributed by atoms with Crippen LogP contribution in [-0.2, 0) is 0 Å². The molecule has 0 amide bonds. The Morgan fingerprint density at radius 3 is 2.53 bits per heavy atom. The Kier molecular flexibility index (Phi) is 7.57. The van der Waals surface area contributed by atoms with E-state index in [0.717, 1.165) is 29.8 Å². The third kappa shape index (κ3) is 5.13. The van der Waals surface area contributed by atoms with Crippen molar-refractivity contribution in [2.45, 2.75) is 6.92 Å². The largest absolute Gasteiger partial charge is 0.492 e. The molecule has 0 atom stereocenters. The van der Waals surface area contributed by atoms with Crippen molar-refractivity contribution in [1.82, 2.24) is 9.88 Å². The first-order chi connectivity index (χ1) is 15.3. The fraction of sp³-hybridized carbons (Fsp3) is 0.238. The van der Waals surface area contributed by atoms with Gasteiger partial charge in [-0.05, 0) is 42.0 Å². The number of nitrogen functional groups attached to an aromatic ring is 1. The lowest BCUT2D eigenvalue weighted by molar-refractivity contribution is 0.242. The molecule has 3 aromatic rings. The van der Waals surface area contributed by atoms with Crippen LogP contribution in [0.4, 0.5) is 20.3 Å². The molecule has 170 valence electrons. The summed E-state index contributed by atoms with van der Waals surface area (Å²) >= 11 is 1.51. The summed E-state index contributed by atoms with van der Waals surface area (Å²) < 4.78 is 35.1. The lowest BCUT2D eigenvalue weighted by atomic mass is 10.1. The maximum Gasteiger partial charge on any atom is 0.178 e. The highest BCUT2D eigenvalue weighted by Gasteiger charge is 2.24. The molecule has 0 unspecified atom stereocenters. The van der Waals surface area contributed by atoms with Gasteiger partial charge in [-0.2, -0.15) is 16.4 Å². The Bertz CT molecular complexity index is 1070. The number of rotatable bonds is 8. The number of hydrogen-bond acceptors (Lipinski definition) is 8. The van der Waals surface area contributed by atoms with Gasteiger partial charge in [0.25, 0.3) is 0 Å². The molecule has 0 aliphatic rings. The molecule has 3 rings (SSSR count). The van der Waals surface area contributed by atoms with Crippen molar-refractivity contribution >= 4 is 28.7 Å². The fourth-order valence-corrected chi connectivity index (χ4v) is 3.61. The molecule has 6 N–H and O–H groups in total. The van der Waals surface area contributed by atoms with E-state index in [1.165, 1.54) is 11.3 Å². The van der Waals surface area contributed by atoms with E-state index in [0.29, 0.717) is 11.6 Å². The van der Waals surface area contributed by atoms with Gasteiger partial charge in [0.1, 0.15) is 23.9 Å². The zero-order chi connectivity index (χ0) is 23.3. The summed E-state index contributed by atoms with van der Waals surface area (Å²) in [5.41, 5.74) is 7.30. The molecule has 2 heterocycles. The summed E-state index contributed by atoms with van der Waals surface area (Å²) in [5.74, 6) is 9.66. The number of ether oxygens (including phenoxy) is 1. The second-order valence-electron chi connectivity index (χ2n) is 6.97. The number of hydrazone groups is 1. The highest BCUT2D eigenvalue weighted by Crippen LogP contribution is 2.30. The van der Waals surface area contributed by atoms with Crippen LogP contribution < -0.4 is 27.2 Å². The smallest absolute Gasteiger partial charge is 0.178 e. The molecule has 0 bridgehead atoms. The maximum atomic E-state index is 14.8. The molecule has 0 spiro atoms. The Morgan fingerprint density at radius 2 is 1.94 bits per heavy atom. The second kappa shape index (κ2) is 10.4. The van der Waals surface area contributed by atoms with Crippen LogP contribution in [-0.4, -0.2) is 42.5 Å². The number of benzene rings is 1. The van der Waals surface area contributed by atoms with Gasteiger partial charge in [0.15, 0.2) is 17.5 Å². The zero-order valence-corrected chi connectivity index (χ0v) is 18.6. The number of nitrogens with two attached hydrogens (primary N) is 3. The Morgan fingerprint density at radius 1 is 1.22 bits per heavy atom. The molecule has 8 nitrogen and oxygen atoms in total. The number of likely N-dealkylation sites (N-methyl/N-ethyl adjacent to an activating group) is 1. The molecule has 0 fully saturated rings. The number of thiophene rings is 1. The first-order valence-corrected chi connectivity index (χ1v) is 10.7. The number of hydrazine groups is 1. The highest BCUT2D eigenvalue weighted by atomic mass is 32.1. The monoisotopic (exact) mass is 461 g/mol. The minimum atomic E-state index is -0.937. The van der Waals surface area contributed by atoms with E-state index in [9.17, 15) is 8.78 Å². The number of anilines is 2. The topological polar surface area (TPSA) is 119 Å².